The number of aromatic nitrogens is 2. The summed E-state index contributed by atoms with van der Waals surface area (Å²) in [5.41, 5.74) is 3.55. The van der Waals surface area contributed by atoms with E-state index in [2.05, 4.69) is 5.10 Å². The first-order chi connectivity index (χ1) is 13.6. The van der Waals surface area contributed by atoms with Crippen LogP contribution in [-0.2, 0) is 49.2 Å². The summed E-state index contributed by atoms with van der Waals surface area (Å²) < 4.78 is 21.3. The van der Waals surface area contributed by atoms with Crippen molar-refractivity contribution >= 4 is 17.2 Å². The predicted molar refractivity (Wildman–Crippen MR) is 105 cm³/mol. The molecule has 0 atom stereocenters. The van der Waals surface area contributed by atoms with E-state index in [4.69, 9.17) is 4.74 Å². The Morgan fingerprint density at radius 3 is 2.89 bits per heavy atom. The van der Waals surface area contributed by atoms with Crippen LogP contribution in [0.4, 0.5) is 4.39 Å². The topological polar surface area (TPSA) is 47.4 Å². The monoisotopic (exact) mass is 399 g/mol. The Kier molecular flexibility index (Phi) is 5.54. The molecular weight excluding hydrogens is 377 g/mol. The number of nitrogens with zero attached hydrogens (tertiary/aromatic N) is 3. The van der Waals surface area contributed by atoms with Crippen molar-refractivity contribution in [1.82, 2.24) is 14.7 Å². The first-order valence-electron chi connectivity index (χ1n) is 9.26. The van der Waals surface area contributed by atoms with Crippen LogP contribution in [0.15, 0.2) is 41.8 Å². The van der Waals surface area contributed by atoms with Crippen LogP contribution in [0.2, 0.25) is 0 Å². The van der Waals surface area contributed by atoms with Crippen molar-refractivity contribution < 1.29 is 13.9 Å². The summed E-state index contributed by atoms with van der Waals surface area (Å²) in [5.74, 6) is -0.133. The molecular formula is C21H22FN3O2S. The van der Waals surface area contributed by atoms with Crippen LogP contribution in [0, 0.1) is 5.82 Å². The van der Waals surface area contributed by atoms with Gasteiger partial charge in [0.05, 0.1) is 25.3 Å². The maximum Gasteiger partial charge on any atom is 0.228 e. The molecule has 4 rings (SSSR count). The number of aryl methyl sites for hydroxylation is 1. The van der Waals surface area contributed by atoms with Crippen molar-refractivity contribution in [2.45, 2.75) is 32.6 Å². The highest BCUT2D eigenvalue weighted by molar-refractivity contribution is 7.10. The van der Waals surface area contributed by atoms with Crippen molar-refractivity contribution in [3.63, 3.8) is 0 Å². The minimum atomic E-state index is -0.268. The lowest BCUT2D eigenvalue weighted by Gasteiger charge is -2.27. The fourth-order valence-corrected chi connectivity index (χ4v) is 4.24. The molecule has 1 aromatic carbocycles. The number of fused-ring (bicyclic) bond motifs is 1. The van der Waals surface area contributed by atoms with Gasteiger partial charge in [0.2, 0.25) is 5.91 Å². The van der Waals surface area contributed by atoms with Crippen LogP contribution in [0.25, 0.3) is 0 Å². The smallest absolute Gasteiger partial charge is 0.228 e. The van der Waals surface area contributed by atoms with Crippen LogP contribution in [0.1, 0.15) is 27.4 Å². The second-order valence-electron chi connectivity index (χ2n) is 6.90. The lowest BCUT2D eigenvalue weighted by molar-refractivity contribution is -0.131. The molecule has 0 N–H and O–H groups in total. The third-order valence-corrected chi connectivity index (χ3v) is 5.91. The minimum absolute atomic E-state index is 0.134. The molecule has 1 aliphatic rings. The molecule has 0 spiro atoms. The quantitative estimate of drug-likeness (QED) is 0.638. The molecule has 0 unspecified atom stereocenters. The van der Waals surface area contributed by atoms with Gasteiger partial charge in [0.1, 0.15) is 5.82 Å². The zero-order valence-corrected chi connectivity index (χ0v) is 16.5. The Balaban J connectivity index is 1.42. The van der Waals surface area contributed by atoms with E-state index in [1.807, 2.05) is 34.1 Å². The summed E-state index contributed by atoms with van der Waals surface area (Å²) in [7, 11) is 1.92. The van der Waals surface area contributed by atoms with Crippen LogP contribution >= 0.6 is 11.3 Å². The number of benzene rings is 1. The molecule has 0 saturated heterocycles. The SMILES string of the molecule is Cn1nc(COCc2ccccc2F)c2c1CCN(C(=O)Cc1cccs1)C2. The van der Waals surface area contributed by atoms with E-state index >= 15 is 0 Å². The van der Waals surface area contributed by atoms with Gasteiger partial charge in [-0.1, -0.05) is 24.3 Å². The van der Waals surface area contributed by atoms with E-state index in [1.165, 1.54) is 6.07 Å². The van der Waals surface area contributed by atoms with Gasteiger partial charge in [0.15, 0.2) is 0 Å². The standard InChI is InChI=1S/C21H22FN3O2S/c1-24-20-8-9-25(21(26)11-16-6-4-10-28-16)12-17(20)19(23-24)14-27-13-15-5-2-3-7-18(15)22/h2-7,10H,8-9,11-14H2,1H3. The Labute approximate surface area is 167 Å². The molecule has 146 valence electrons. The number of ether oxygens (including phenoxy) is 1. The molecule has 0 saturated carbocycles. The summed E-state index contributed by atoms with van der Waals surface area (Å²) in [6.07, 6.45) is 1.22. The Morgan fingerprint density at radius 2 is 2.11 bits per heavy atom. The van der Waals surface area contributed by atoms with Crippen molar-refractivity contribution in [3.05, 3.63) is 75.0 Å². The molecule has 1 aliphatic heterocycles. The van der Waals surface area contributed by atoms with E-state index in [1.54, 1.807) is 29.5 Å². The average molecular weight is 399 g/mol. The molecule has 28 heavy (non-hydrogen) atoms. The zero-order valence-electron chi connectivity index (χ0n) is 15.7. The fourth-order valence-electron chi connectivity index (χ4n) is 3.55. The highest BCUT2D eigenvalue weighted by Crippen LogP contribution is 2.24. The summed E-state index contributed by atoms with van der Waals surface area (Å²) >= 11 is 1.60. The van der Waals surface area contributed by atoms with Crippen molar-refractivity contribution in [3.8, 4) is 0 Å². The third kappa shape index (κ3) is 4.00. The van der Waals surface area contributed by atoms with Gasteiger partial charge in [-0.15, -0.1) is 11.3 Å². The van der Waals surface area contributed by atoms with E-state index in [9.17, 15) is 9.18 Å². The highest BCUT2D eigenvalue weighted by atomic mass is 32.1. The highest BCUT2D eigenvalue weighted by Gasteiger charge is 2.26. The van der Waals surface area contributed by atoms with Crippen molar-refractivity contribution in [2.75, 3.05) is 6.54 Å². The maximum atomic E-state index is 13.7. The largest absolute Gasteiger partial charge is 0.370 e. The molecule has 0 aliphatic carbocycles. The third-order valence-electron chi connectivity index (χ3n) is 5.04. The number of amides is 1. The summed E-state index contributed by atoms with van der Waals surface area (Å²) in [6, 6.07) is 10.6. The molecule has 1 amide bonds. The van der Waals surface area contributed by atoms with Gasteiger partial charge in [-0.05, 0) is 17.5 Å². The van der Waals surface area contributed by atoms with Gasteiger partial charge in [-0.3, -0.25) is 9.48 Å². The van der Waals surface area contributed by atoms with Crippen molar-refractivity contribution in [2.24, 2.45) is 7.05 Å². The van der Waals surface area contributed by atoms with Gasteiger partial charge in [-0.2, -0.15) is 5.10 Å². The maximum absolute atomic E-state index is 13.7. The van der Waals surface area contributed by atoms with E-state index in [0.29, 0.717) is 31.7 Å². The Bertz CT molecular complexity index is 968. The molecule has 0 bridgehead atoms. The second kappa shape index (κ2) is 8.24. The number of thiophene rings is 1. The number of carbonyl (C=O) groups excluding carboxylic acids is 1. The normalized spacial score (nSPS) is 13.6. The minimum Gasteiger partial charge on any atom is -0.370 e. The molecule has 3 heterocycles. The van der Waals surface area contributed by atoms with E-state index in [-0.39, 0.29) is 18.3 Å². The number of hydrogen-bond donors (Lipinski definition) is 0. The molecule has 0 radical (unpaired) electrons. The molecule has 0 fully saturated rings. The van der Waals surface area contributed by atoms with Crippen LogP contribution in [-0.4, -0.2) is 27.1 Å². The van der Waals surface area contributed by atoms with E-state index in [0.717, 1.165) is 28.2 Å². The first kappa shape index (κ1) is 18.8. The van der Waals surface area contributed by atoms with Crippen molar-refractivity contribution in [1.29, 1.82) is 0 Å². The summed E-state index contributed by atoms with van der Waals surface area (Å²) in [6.45, 7) is 1.74. The van der Waals surface area contributed by atoms with Gasteiger partial charge in [0.25, 0.3) is 0 Å². The lowest BCUT2D eigenvalue weighted by atomic mass is 10.0. The molecule has 3 aromatic rings. The van der Waals surface area contributed by atoms with Gasteiger partial charge in [-0.25, -0.2) is 4.39 Å². The number of hydrogen-bond acceptors (Lipinski definition) is 4. The molecule has 5 nitrogen and oxygen atoms in total. The zero-order chi connectivity index (χ0) is 19.5. The van der Waals surface area contributed by atoms with E-state index < -0.39 is 0 Å². The van der Waals surface area contributed by atoms with Crippen LogP contribution in [0.5, 0.6) is 0 Å². The van der Waals surface area contributed by atoms with Gasteiger partial charge < -0.3 is 9.64 Å². The van der Waals surface area contributed by atoms with Crippen LogP contribution < -0.4 is 0 Å². The Morgan fingerprint density at radius 1 is 1.25 bits per heavy atom. The lowest BCUT2D eigenvalue weighted by Crippen LogP contribution is -2.37. The summed E-state index contributed by atoms with van der Waals surface area (Å²) in [5, 5.41) is 6.57. The first-order valence-corrected chi connectivity index (χ1v) is 10.1. The fraction of sp³-hybridized carbons (Fsp3) is 0.333. The number of halogens is 1. The molecule has 7 heteroatoms. The average Bonchev–Trinajstić information content (AvgIpc) is 3.31. The second-order valence-corrected chi connectivity index (χ2v) is 7.93. The Hall–Kier alpha value is -2.51. The predicted octanol–water partition coefficient (Wildman–Crippen LogP) is 3.46. The summed E-state index contributed by atoms with van der Waals surface area (Å²) in [4.78, 5) is 15.6. The number of rotatable bonds is 6. The molecule has 2 aromatic heterocycles. The van der Waals surface area contributed by atoms with Gasteiger partial charge >= 0.3 is 0 Å². The van der Waals surface area contributed by atoms with Crippen LogP contribution in [0.3, 0.4) is 0 Å². The number of carbonyl (C=O) groups is 1. The van der Waals surface area contributed by atoms with Gasteiger partial charge in [0, 0.05) is 48.3 Å².